The molecule has 0 saturated heterocycles. The van der Waals surface area contributed by atoms with Crippen LogP contribution >= 0.6 is 0 Å². The van der Waals surface area contributed by atoms with E-state index in [0.717, 1.165) is 6.07 Å². The third-order valence-electron chi connectivity index (χ3n) is 0.991. The van der Waals surface area contributed by atoms with Crippen molar-refractivity contribution < 1.29 is 20.9 Å². The Balaban J connectivity index is -0.000000403. The molecule has 1 heterocycles. The summed E-state index contributed by atoms with van der Waals surface area (Å²) in [6, 6.07) is 0.795. The Morgan fingerprint density at radius 1 is 1.21 bits per heavy atom. The zero-order chi connectivity index (χ0) is 8.43. The molecule has 0 atom stereocenters. The number of aromatic carboxylic acids is 1. The number of nitrogens with one attached hydrogen (secondary N) is 2. The van der Waals surface area contributed by atoms with E-state index in [2.05, 4.69) is 0 Å². The molecule has 1 aromatic rings. The Hall–Kier alpha value is -0.670. The van der Waals surface area contributed by atoms with Crippen LogP contribution in [0.1, 0.15) is 10.5 Å². The van der Waals surface area contributed by atoms with E-state index in [0.29, 0.717) is 0 Å². The van der Waals surface area contributed by atoms with Crippen LogP contribution in [0.3, 0.4) is 0 Å². The zero-order valence-electron chi connectivity index (χ0n) is 6.25. The van der Waals surface area contributed by atoms with Gasteiger partial charge in [0, 0.05) is 6.07 Å². The molecule has 8 nitrogen and oxygen atoms in total. The first-order valence-electron chi connectivity index (χ1n) is 2.66. The molecule has 14 heavy (non-hydrogen) atoms. The number of carboxylic acids is 1. The minimum absolute atomic E-state index is 0. The number of carbonyl (C=O) groups is 1. The second-order valence-corrected chi connectivity index (χ2v) is 1.81. The fourth-order valence-corrected chi connectivity index (χ4v) is 0.584. The summed E-state index contributed by atoms with van der Waals surface area (Å²) >= 11 is 0. The van der Waals surface area contributed by atoms with Crippen molar-refractivity contribution in [2.24, 2.45) is 0 Å². The minimum atomic E-state index is -1.34. The normalized spacial score (nSPS) is 7.43. The number of aromatic nitrogens is 2. The van der Waals surface area contributed by atoms with E-state index in [4.69, 9.17) is 5.11 Å². The van der Waals surface area contributed by atoms with Crippen LogP contribution in [0.15, 0.2) is 15.7 Å². The monoisotopic (exact) mass is 234 g/mol. The molecule has 0 fully saturated rings. The number of hydrogen-bond donors (Lipinski definition) is 3. The second-order valence-electron chi connectivity index (χ2n) is 1.81. The van der Waals surface area contributed by atoms with Gasteiger partial charge in [-0.2, -0.15) is 0 Å². The first-order valence-corrected chi connectivity index (χ1v) is 2.66. The van der Waals surface area contributed by atoms with Gasteiger partial charge in [-0.1, -0.05) is 0 Å². The van der Waals surface area contributed by atoms with Crippen molar-refractivity contribution in [3.8, 4) is 0 Å². The van der Waals surface area contributed by atoms with Gasteiger partial charge in [0.2, 0.25) is 0 Å². The number of carboxylic acid groups (broad SMARTS) is 1. The van der Waals surface area contributed by atoms with Crippen LogP contribution in [0.4, 0.5) is 0 Å². The molecular weight excluding hydrogens is 224 g/mol. The fourth-order valence-electron chi connectivity index (χ4n) is 0.584. The van der Waals surface area contributed by atoms with Gasteiger partial charge in [-0.15, -0.1) is 0 Å². The predicted molar refractivity (Wildman–Crippen MR) is 50.4 cm³/mol. The molecule has 78 valence electrons. The van der Waals surface area contributed by atoms with Crippen molar-refractivity contribution in [1.29, 1.82) is 0 Å². The molecule has 0 radical (unpaired) electrons. The van der Waals surface area contributed by atoms with E-state index in [1.165, 1.54) is 0 Å². The molecule has 0 unspecified atom stereocenters. The van der Waals surface area contributed by atoms with Gasteiger partial charge in [0.05, 0.1) is 0 Å². The Kier molecular flexibility index (Phi) is 10.5. The fraction of sp³-hybridized carbons (Fsp3) is 0. The summed E-state index contributed by atoms with van der Waals surface area (Å²) in [7, 11) is 0. The van der Waals surface area contributed by atoms with Gasteiger partial charge in [0.15, 0.2) is 0 Å². The Bertz CT molecular complexity index is 367. The first-order chi connectivity index (χ1) is 5.09. The Labute approximate surface area is 107 Å². The third-order valence-corrected chi connectivity index (χ3v) is 0.991. The molecule has 0 aromatic carbocycles. The van der Waals surface area contributed by atoms with Gasteiger partial charge in [-0.3, -0.25) is 9.78 Å². The van der Waals surface area contributed by atoms with E-state index in [1.807, 2.05) is 9.97 Å². The molecule has 0 spiro atoms. The standard InChI is InChI=1S/C5H4N2O4.Ca.2H2O.2H/c8-3-1-2(4(9)10)6-5(11)7-3;;;;;/h1H,(H,9,10)(H2,6,7,8,11);;2*1H2;;. The van der Waals surface area contributed by atoms with Gasteiger partial charge >= 0.3 is 49.4 Å². The molecule has 0 bridgehead atoms. The number of rotatable bonds is 1. The van der Waals surface area contributed by atoms with Gasteiger partial charge in [0.25, 0.3) is 5.56 Å². The van der Waals surface area contributed by atoms with E-state index < -0.39 is 22.9 Å². The topological polar surface area (TPSA) is 166 Å². The summed E-state index contributed by atoms with van der Waals surface area (Å²) in [5.41, 5.74) is -1.97. The van der Waals surface area contributed by atoms with Crippen LogP contribution in [0.2, 0.25) is 0 Å². The number of H-pyrrole nitrogens is 2. The third kappa shape index (κ3) is 5.14. The van der Waals surface area contributed by atoms with Crippen molar-refractivity contribution in [2.75, 3.05) is 0 Å². The number of hydrogen-bond acceptors (Lipinski definition) is 3. The van der Waals surface area contributed by atoms with E-state index in [1.54, 1.807) is 0 Å². The summed E-state index contributed by atoms with van der Waals surface area (Å²) in [6.07, 6.45) is 0. The van der Waals surface area contributed by atoms with Crippen LogP contribution in [0.25, 0.3) is 0 Å². The maximum absolute atomic E-state index is 10.5. The average molecular weight is 234 g/mol. The molecular formula is C5H10CaN2O6. The van der Waals surface area contributed by atoms with Crippen LogP contribution in [0, 0.1) is 0 Å². The SMILES string of the molecule is O.O.O=C(O)c1cc(=O)[nH]c(=O)[nH]1.[CaH2]. The van der Waals surface area contributed by atoms with Crippen molar-refractivity contribution in [2.45, 2.75) is 0 Å². The van der Waals surface area contributed by atoms with Crippen LogP contribution < -0.4 is 11.2 Å². The summed E-state index contributed by atoms with van der Waals surface area (Å²) in [5.74, 6) is -1.34. The molecule has 9 heteroatoms. The average Bonchev–Trinajstić information content (AvgIpc) is 1.85. The van der Waals surface area contributed by atoms with Gasteiger partial charge in [-0.05, 0) is 0 Å². The van der Waals surface area contributed by atoms with Crippen molar-refractivity contribution in [3.05, 3.63) is 32.6 Å². The molecule has 0 aliphatic heterocycles. The van der Waals surface area contributed by atoms with E-state index in [-0.39, 0.29) is 48.7 Å². The van der Waals surface area contributed by atoms with Crippen molar-refractivity contribution in [1.82, 2.24) is 9.97 Å². The molecule has 0 aliphatic rings. The molecule has 0 aliphatic carbocycles. The maximum atomic E-state index is 10.5. The molecule has 7 N–H and O–H groups in total. The van der Waals surface area contributed by atoms with Crippen molar-refractivity contribution >= 4 is 43.7 Å². The van der Waals surface area contributed by atoms with E-state index in [9.17, 15) is 14.4 Å². The van der Waals surface area contributed by atoms with Crippen LogP contribution in [-0.2, 0) is 0 Å². The van der Waals surface area contributed by atoms with Crippen LogP contribution in [-0.4, -0.2) is 69.7 Å². The quantitative estimate of drug-likeness (QED) is 0.424. The van der Waals surface area contributed by atoms with Gasteiger partial charge in [0.1, 0.15) is 5.69 Å². The van der Waals surface area contributed by atoms with E-state index >= 15 is 0 Å². The predicted octanol–water partition coefficient (Wildman–Crippen LogP) is -3.80. The Morgan fingerprint density at radius 3 is 2.07 bits per heavy atom. The number of aromatic amines is 2. The van der Waals surface area contributed by atoms with Gasteiger partial charge in [-0.25, -0.2) is 9.59 Å². The summed E-state index contributed by atoms with van der Waals surface area (Å²) < 4.78 is 0. The molecule has 1 rings (SSSR count). The molecule has 0 saturated carbocycles. The molecule has 0 amide bonds. The van der Waals surface area contributed by atoms with Crippen LogP contribution in [0.5, 0.6) is 0 Å². The summed E-state index contributed by atoms with van der Waals surface area (Å²) in [5, 5.41) is 8.31. The zero-order valence-corrected chi connectivity index (χ0v) is 6.25. The second kappa shape index (κ2) is 7.71. The summed E-state index contributed by atoms with van der Waals surface area (Å²) in [4.78, 5) is 34.9. The van der Waals surface area contributed by atoms with Gasteiger partial charge < -0.3 is 21.0 Å². The van der Waals surface area contributed by atoms with Crippen molar-refractivity contribution in [3.63, 3.8) is 0 Å². The molecule has 1 aromatic heterocycles. The Morgan fingerprint density at radius 2 is 1.71 bits per heavy atom. The summed E-state index contributed by atoms with van der Waals surface area (Å²) in [6.45, 7) is 0. The first kappa shape index (κ1) is 19.0.